The van der Waals surface area contributed by atoms with Gasteiger partial charge in [-0.3, -0.25) is 37.3 Å². The van der Waals surface area contributed by atoms with E-state index in [0.717, 1.165) is 108 Å². The predicted molar refractivity (Wildman–Crippen MR) is 391 cm³/mol. The monoisotopic (exact) mass is 1410 g/mol. The van der Waals surface area contributed by atoms with Crippen molar-refractivity contribution in [3.63, 3.8) is 0 Å². The third-order valence-electron chi connectivity index (χ3n) is 18.3. The molecule has 3 unspecified atom stereocenters. The zero-order valence-electron chi connectivity index (χ0n) is 62.7. The number of hydrogen-bond donors (Lipinski definition) is 3. The lowest BCUT2D eigenvalue weighted by Gasteiger charge is -2.21. The second-order valence-electron chi connectivity index (χ2n) is 28.5. The first kappa shape index (κ1) is 94.1. The average Bonchev–Trinajstić information content (AvgIpc) is 1.86. The largest absolute Gasteiger partial charge is 0.472 e. The number of aliphatic hydroxyl groups is 1. The van der Waals surface area contributed by atoms with Gasteiger partial charge in [0.2, 0.25) is 0 Å². The Balaban J connectivity index is 5.23. The number of ether oxygens (including phenoxy) is 4. The number of hydrogen-bond acceptors (Lipinski definition) is 15. The Kier molecular flexibility index (Phi) is 67.4. The maximum absolute atomic E-state index is 13.1. The third-order valence-corrected chi connectivity index (χ3v) is 20.2. The predicted octanol–water partition coefficient (Wildman–Crippen LogP) is 22.7. The van der Waals surface area contributed by atoms with Crippen LogP contribution in [0.5, 0.6) is 0 Å². The van der Waals surface area contributed by atoms with Gasteiger partial charge in [0.25, 0.3) is 0 Å². The number of aliphatic hydroxyl groups excluding tert-OH is 1. The molecule has 0 rings (SSSR count). The minimum Gasteiger partial charge on any atom is -0.462 e. The van der Waals surface area contributed by atoms with Gasteiger partial charge in [0.05, 0.1) is 26.4 Å². The van der Waals surface area contributed by atoms with Crippen LogP contribution in [0.15, 0.2) is 0 Å². The molecule has 0 spiro atoms. The first-order valence-electron chi connectivity index (χ1n) is 40.0. The van der Waals surface area contributed by atoms with Crippen molar-refractivity contribution >= 4 is 39.5 Å². The molecule has 0 fully saturated rings. The van der Waals surface area contributed by atoms with E-state index in [1.165, 1.54) is 212 Å². The Labute approximate surface area is 588 Å². The summed E-state index contributed by atoms with van der Waals surface area (Å²) in [6, 6.07) is 0. The maximum Gasteiger partial charge on any atom is 0.472 e. The minimum atomic E-state index is -4.96. The van der Waals surface area contributed by atoms with Gasteiger partial charge in [-0.2, -0.15) is 0 Å². The fraction of sp³-hybridized carbons (Fsp3) is 0.948. The van der Waals surface area contributed by atoms with Gasteiger partial charge in [0.15, 0.2) is 12.2 Å². The molecule has 0 aromatic rings. The summed E-state index contributed by atoms with van der Waals surface area (Å²) in [5, 5.41) is 10.6. The van der Waals surface area contributed by atoms with Gasteiger partial charge in [0.1, 0.15) is 19.3 Å². The van der Waals surface area contributed by atoms with Crippen LogP contribution < -0.4 is 0 Å². The van der Waals surface area contributed by atoms with E-state index in [4.69, 9.17) is 37.0 Å². The second kappa shape index (κ2) is 68.8. The fourth-order valence-corrected chi connectivity index (χ4v) is 13.4. The standard InChI is InChI=1S/C77H150O17P2/c1-7-10-12-14-16-18-20-22-24-26-27-28-30-32-34-36-41-49-55-61-76(81)93-72(65-87-74(79)59-53-47-40-35-33-31-29-25-23-21-19-17-15-13-11-8-2)67-91-95(83,84)89-63-71(78)64-90-96(85,86)92-68-73(66-88-75(80)60-54-48-44-43-46-52-58-70(6)9-3)94-77(82)62-56-50-42-38-37-39-45-51-57-69(4)5/h69-73,78H,7-68H2,1-6H3,(H,83,84)(H,85,86)/t70?,71-,72-,73-/m1/s1. The summed E-state index contributed by atoms with van der Waals surface area (Å²) in [7, 11) is -9.91. The maximum atomic E-state index is 13.1. The number of phosphoric acid groups is 2. The first-order chi connectivity index (χ1) is 46.4. The van der Waals surface area contributed by atoms with Crippen LogP contribution in [-0.2, 0) is 65.4 Å². The van der Waals surface area contributed by atoms with Crippen LogP contribution in [0.3, 0.4) is 0 Å². The van der Waals surface area contributed by atoms with Crippen molar-refractivity contribution < 1.29 is 80.2 Å². The normalized spacial score (nSPS) is 14.3. The summed E-state index contributed by atoms with van der Waals surface area (Å²) < 4.78 is 68.5. The van der Waals surface area contributed by atoms with Crippen molar-refractivity contribution in [2.75, 3.05) is 39.6 Å². The van der Waals surface area contributed by atoms with Crippen molar-refractivity contribution in [1.82, 2.24) is 0 Å². The number of unbranched alkanes of at least 4 members (excludes halogenated alkanes) is 45. The quantitative estimate of drug-likeness (QED) is 0.0222. The van der Waals surface area contributed by atoms with E-state index in [-0.39, 0.29) is 25.7 Å². The van der Waals surface area contributed by atoms with Crippen molar-refractivity contribution in [2.45, 2.75) is 419 Å². The molecule has 3 N–H and O–H groups in total. The molecule has 6 atom stereocenters. The Morgan fingerprint density at radius 2 is 0.531 bits per heavy atom. The molecule has 0 aliphatic carbocycles. The lowest BCUT2D eigenvalue weighted by molar-refractivity contribution is -0.161. The summed E-state index contributed by atoms with van der Waals surface area (Å²) in [5.74, 6) is -0.668. The molecule has 0 aliphatic rings. The summed E-state index contributed by atoms with van der Waals surface area (Å²) >= 11 is 0. The van der Waals surface area contributed by atoms with Gasteiger partial charge in [-0.25, -0.2) is 9.13 Å². The van der Waals surface area contributed by atoms with Gasteiger partial charge in [0, 0.05) is 25.7 Å². The van der Waals surface area contributed by atoms with Crippen molar-refractivity contribution in [3.8, 4) is 0 Å². The molecule has 17 nitrogen and oxygen atoms in total. The van der Waals surface area contributed by atoms with E-state index >= 15 is 0 Å². The van der Waals surface area contributed by atoms with E-state index in [1.807, 2.05) is 0 Å². The van der Waals surface area contributed by atoms with E-state index in [0.29, 0.717) is 25.7 Å². The van der Waals surface area contributed by atoms with Crippen LogP contribution in [0, 0.1) is 11.8 Å². The van der Waals surface area contributed by atoms with Crippen LogP contribution in [0.4, 0.5) is 0 Å². The molecule has 0 radical (unpaired) electrons. The van der Waals surface area contributed by atoms with Crippen LogP contribution in [0.2, 0.25) is 0 Å². The number of rotatable bonds is 76. The smallest absolute Gasteiger partial charge is 0.462 e. The van der Waals surface area contributed by atoms with Gasteiger partial charge >= 0.3 is 39.5 Å². The Morgan fingerprint density at radius 3 is 0.792 bits per heavy atom. The fourth-order valence-electron chi connectivity index (χ4n) is 11.8. The Hall–Kier alpha value is -1.94. The highest BCUT2D eigenvalue weighted by molar-refractivity contribution is 7.47. The van der Waals surface area contributed by atoms with Crippen LogP contribution in [0.1, 0.15) is 401 Å². The van der Waals surface area contributed by atoms with Crippen LogP contribution >= 0.6 is 15.6 Å². The summed E-state index contributed by atoms with van der Waals surface area (Å²) in [5.41, 5.74) is 0. The highest BCUT2D eigenvalue weighted by Crippen LogP contribution is 2.45. The number of carbonyl (C=O) groups excluding carboxylic acids is 4. The van der Waals surface area contributed by atoms with E-state index in [9.17, 15) is 43.2 Å². The molecule has 0 saturated carbocycles. The highest BCUT2D eigenvalue weighted by Gasteiger charge is 2.30. The van der Waals surface area contributed by atoms with Gasteiger partial charge in [-0.05, 0) is 37.5 Å². The van der Waals surface area contributed by atoms with E-state index < -0.39 is 97.5 Å². The lowest BCUT2D eigenvalue weighted by atomic mass is 10.00. The third kappa shape index (κ3) is 69.2. The van der Waals surface area contributed by atoms with Crippen LogP contribution in [-0.4, -0.2) is 96.7 Å². The first-order valence-corrected chi connectivity index (χ1v) is 43.0. The van der Waals surface area contributed by atoms with E-state index in [1.54, 1.807) is 0 Å². The molecule has 570 valence electrons. The van der Waals surface area contributed by atoms with Crippen molar-refractivity contribution in [1.29, 1.82) is 0 Å². The van der Waals surface area contributed by atoms with Crippen molar-refractivity contribution in [3.05, 3.63) is 0 Å². The van der Waals surface area contributed by atoms with E-state index in [2.05, 4.69) is 41.5 Å². The minimum absolute atomic E-state index is 0.104. The van der Waals surface area contributed by atoms with Gasteiger partial charge in [-0.15, -0.1) is 0 Å². The lowest BCUT2D eigenvalue weighted by Crippen LogP contribution is -2.30. The van der Waals surface area contributed by atoms with Crippen LogP contribution in [0.25, 0.3) is 0 Å². The molecular formula is C77H150O17P2. The van der Waals surface area contributed by atoms with Gasteiger partial charge in [-0.1, -0.05) is 350 Å². The molecule has 0 saturated heterocycles. The highest BCUT2D eigenvalue weighted by atomic mass is 31.2. The molecule has 19 heteroatoms. The summed E-state index contributed by atoms with van der Waals surface area (Å²) in [4.78, 5) is 72.8. The number of carbonyl (C=O) groups is 4. The summed E-state index contributed by atoms with van der Waals surface area (Å²) in [6.45, 7) is 9.52. The molecule has 0 aromatic carbocycles. The average molecular weight is 1410 g/mol. The summed E-state index contributed by atoms with van der Waals surface area (Å²) in [6.07, 6.45) is 57.0. The molecule has 0 bridgehead atoms. The Morgan fingerprint density at radius 1 is 0.302 bits per heavy atom. The Bertz CT molecular complexity index is 1860. The molecule has 0 heterocycles. The molecule has 0 aliphatic heterocycles. The topological polar surface area (TPSA) is 237 Å². The molecule has 0 aromatic heterocycles. The molecule has 0 amide bonds. The van der Waals surface area contributed by atoms with Crippen molar-refractivity contribution in [2.24, 2.45) is 11.8 Å². The SMILES string of the molecule is CCCCCCCCCCCCCCCCCCCCCC(=O)O[C@H](COC(=O)CCCCCCCCCCCCCCCCCC)COP(=O)(O)OC[C@@H](O)COP(=O)(O)OC[C@@H](COC(=O)CCCCCCCCC(C)CC)OC(=O)CCCCCCCCCCC(C)C. The zero-order chi connectivity index (χ0) is 70.7. The second-order valence-corrected chi connectivity index (χ2v) is 31.4. The van der Waals surface area contributed by atoms with Gasteiger partial charge < -0.3 is 33.8 Å². The zero-order valence-corrected chi connectivity index (χ0v) is 64.5. The molecular weight excluding hydrogens is 1260 g/mol. The molecule has 96 heavy (non-hydrogen) atoms. The number of phosphoric ester groups is 2. The number of esters is 4.